The van der Waals surface area contributed by atoms with Crippen LogP contribution in [0, 0.1) is 11.8 Å². The van der Waals surface area contributed by atoms with Gasteiger partial charge in [0, 0.05) is 29.1 Å². The normalized spacial score (nSPS) is 50.4. The number of rotatable bonds is 7. The summed E-state index contributed by atoms with van der Waals surface area (Å²) < 4.78 is 55.0. The Morgan fingerprint density at radius 2 is 1.63 bits per heavy atom. The first-order valence-electron chi connectivity index (χ1n) is 17.8. The fourth-order valence-corrected chi connectivity index (χ4v) is 10.4. The summed E-state index contributed by atoms with van der Waals surface area (Å²) in [6.45, 7) is 2.26. The summed E-state index contributed by atoms with van der Waals surface area (Å²) in [6.07, 6.45) is -21.9. The highest BCUT2D eigenvalue weighted by molar-refractivity contribution is 7.86. The van der Waals surface area contributed by atoms with Crippen LogP contribution in [0.25, 0.3) is 0 Å². The van der Waals surface area contributed by atoms with E-state index in [4.69, 9.17) is 33.2 Å². The number of benzene rings is 1. The summed E-state index contributed by atoms with van der Waals surface area (Å²) in [4.78, 5) is 27.1. The number of Topliss-reactive ketones (excluding diaryl/α,β-unsaturated/α-hetero) is 1. The predicted molar refractivity (Wildman–Crippen MR) is 175 cm³/mol. The van der Waals surface area contributed by atoms with E-state index in [0.29, 0.717) is 0 Å². The smallest absolute Gasteiger partial charge is 0.338 e. The molecule has 6 aliphatic rings. The second-order valence-corrected chi connectivity index (χ2v) is 16.7. The fourth-order valence-electron chi connectivity index (χ4n) is 8.33. The number of phenolic OH excluding ortho intramolecular Hbond substituents is 1. The van der Waals surface area contributed by atoms with E-state index in [1.54, 1.807) is 6.92 Å². The van der Waals surface area contributed by atoms with Crippen LogP contribution >= 0.6 is 0 Å². The van der Waals surface area contributed by atoms with Crippen molar-refractivity contribution in [3.63, 3.8) is 0 Å². The van der Waals surface area contributed by atoms with Gasteiger partial charge in [-0.1, -0.05) is 6.92 Å². The van der Waals surface area contributed by atoms with Crippen LogP contribution in [0.2, 0.25) is 0 Å². The number of hydrogen-bond acceptors (Lipinski definition) is 19. The molecule has 1 aliphatic carbocycles. The molecule has 9 N–H and O–H groups in total. The second kappa shape index (κ2) is 14.9. The maximum Gasteiger partial charge on any atom is 0.338 e. The Hall–Kier alpha value is -2.25. The molecule has 1 aromatic carbocycles. The molecule has 5 heterocycles. The number of fused-ring (bicyclic) bond motifs is 3. The SMILES string of the molecule is CC1COC2(CC1OC(=O)c1ccc(O)cc1)OC1C3C(CC(O)C1(O)C2=O)C(OC1OC(C)C(O)C(O)C1OC1OC(CO)C(O)C(O)C1O)CS3=O. The van der Waals surface area contributed by atoms with Gasteiger partial charge in [-0.25, -0.2) is 4.79 Å². The van der Waals surface area contributed by atoms with Crippen molar-refractivity contribution in [1.82, 2.24) is 0 Å². The Kier molecular flexibility index (Phi) is 11.0. The van der Waals surface area contributed by atoms with Gasteiger partial charge in [0.05, 0.1) is 48.1 Å². The molecule has 1 saturated carbocycles. The zero-order valence-electron chi connectivity index (χ0n) is 29.2. The van der Waals surface area contributed by atoms with Gasteiger partial charge in [-0.15, -0.1) is 0 Å². The maximum absolute atomic E-state index is 14.1. The highest BCUT2D eigenvalue weighted by Crippen LogP contribution is 2.53. The first kappa shape index (κ1) is 40.0. The molecule has 1 spiro atoms. The number of aliphatic hydroxyl groups is 8. The lowest BCUT2D eigenvalue weighted by molar-refractivity contribution is -0.369. The second-order valence-electron chi connectivity index (χ2n) is 15.0. The van der Waals surface area contributed by atoms with Crippen LogP contribution in [0.4, 0.5) is 0 Å². The fraction of sp³-hybridized carbons (Fsp3) is 0.765. The highest BCUT2D eigenvalue weighted by atomic mass is 32.2. The molecule has 0 radical (unpaired) electrons. The first-order valence-corrected chi connectivity index (χ1v) is 19.2. The average Bonchev–Trinajstić information content (AvgIpc) is 3.56. The average molecular weight is 791 g/mol. The summed E-state index contributed by atoms with van der Waals surface area (Å²) >= 11 is 0. The molecule has 0 amide bonds. The van der Waals surface area contributed by atoms with Crippen LogP contribution in [-0.2, 0) is 48.8 Å². The van der Waals surface area contributed by atoms with Crippen molar-refractivity contribution >= 4 is 22.6 Å². The largest absolute Gasteiger partial charge is 0.508 e. The molecule has 54 heavy (non-hydrogen) atoms. The van der Waals surface area contributed by atoms with E-state index in [1.807, 2.05) is 0 Å². The van der Waals surface area contributed by atoms with E-state index in [1.165, 1.54) is 31.2 Å². The summed E-state index contributed by atoms with van der Waals surface area (Å²) in [5, 5.41) is 94.1. The summed E-state index contributed by atoms with van der Waals surface area (Å²) in [6, 6.07) is 5.35. The third-order valence-corrected chi connectivity index (χ3v) is 13.4. The number of ether oxygens (including phenoxy) is 7. The van der Waals surface area contributed by atoms with Gasteiger partial charge in [0.25, 0.3) is 0 Å². The molecule has 19 nitrogen and oxygen atoms in total. The zero-order chi connectivity index (χ0) is 39.0. The first-order chi connectivity index (χ1) is 25.5. The van der Waals surface area contributed by atoms with Gasteiger partial charge in [-0.05, 0) is 37.6 Å². The lowest BCUT2D eigenvalue weighted by Crippen LogP contribution is -2.66. The van der Waals surface area contributed by atoms with Crippen LogP contribution < -0.4 is 0 Å². The third-order valence-electron chi connectivity index (χ3n) is 11.6. The van der Waals surface area contributed by atoms with Gasteiger partial charge in [-0.3, -0.25) is 9.00 Å². The summed E-state index contributed by atoms with van der Waals surface area (Å²) in [7, 11) is -1.87. The number of carbonyl (C=O) groups excluding carboxylic acids is 2. The number of esters is 1. The van der Waals surface area contributed by atoms with E-state index in [2.05, 4.69) is 0 Å². The van der Waals surface area contributed by atoms with Gasteiger partial charge < -0.3 is 79.1 Å². The number of phenols is 1. The van der Waals surface area contributed by atoms with Crippen molar-refractivity contribution in [3.8, 4) is 5.75 Å². The van der Waals surface area contributed by atoms with Crippen LogP contribution in [0.1, 0.15) is 37.0 Å². The monoisotopic (exact) mass is 790 g/mol. The van der Waals surface area contributed by atoms with Gasteiger partial charge >= 0.3 is 5.97 Å². The van der Waals surface area contributed by atoms with Crippen LogP contribution in [-0.4, -0.2) is 183 Å². The molecule has 0 bridgehead atoms. The zero-order valence-corrected chi connectivity index (χ0v) is 30.0. The lowest BCUT2D eigenvalue weighted by Gasteiger charge is -2.47. The summed E-state index contributed by atoms with van der Waals surface area (Å²) in [5.41, 5.74) is -2.43. The predicted octanol–water partition coefficient (Wildman–Crippen LogP) is -4.08. The molecule has 1 aromatic rings. The van der Waals surface area contributed by atoms with Gasteiger partial charge in [-0.2, -0.15) is 0 Å². The molecular weight excluding hydrogens is 744 g/mol. The van der Waals surface area contributed by atoms with E-state index in [-0.39, 0.29) is 36.5 Å². The van der Waals surface area contributed by atoms with Crippen molar-refractivity contribution in [1.29, 1.82) is 0 Å². The van der Waals surface area contributed by atoms with E-state index in [0.717, 1.165) is 0 Å². The highest BCUT2D eigenvalue weighted by Gasteiger charge is 2.75. The quantitative estimate of drug-likeness (QED) is 0.119. The number of hydrogen-bond donors (Lipinski definition) is 9. The van der Waals surface area contributed by atoms with E-state index < -0.39 is 143 Å². The van der Waals surface area contributed by atoms with Crippen molar-refractivity contribution < 1.29 is 92.9 Å². The lowest BCUT2D eigenvalue weighted by atomic mass is 9.70. The Balaban J connectivity index is 1.10. The number of carbonyl (C=O) groups is 2. The molecule has 5 saturated heterocycles. The van der Waals surface area contributed by atoms with E-state index in [9.17, 15) is 59.8 Å². The molecule has 20 unspecified atom stereocenters. The molecule has 302 valence electrons. The topological polar surface area (TPSA) is 298 Å². The number of ketones is 1. The standard InChI is InChI=1S/C34H46O19S/c1-12-10-47-33(8-17(12)49-29(43)14-3-5-15(36)6-4-14)32(44)34(45)20(37)7-16-19(11-54(46)27(16)28(34)53-33)51-31-26(24(41)21(38)13(2)48-31)52-30-25(42)23(40)22(39)18(9-35)50-30/h3-6,12-13,16-28,30-31,35-42,45H,7-11H2,1-2H3. The Morgan fingerprint density at radius 3 is 2.31 bits per heavy atom. The van der Waals surface area contributed by atoms with Gasteiger partial charge in [0.15, 0.2) is 18.2 Å². The van der Waals surface area contributed by atoms with Crippen molar-refractivity contribution in [2.45, 2.75) is 129 Å². The van der Waals surface area contributed by atoms with Gasteiger partial charge in [0.2, 0.25) is 11.6 Å². The van der Waals surface area contributed by atoms with Crippen molar-refractivity contribution in [2.24, 2.45) is 11.8 Å². The van der Waals surface area contributed by atoms with Crippen LogP contribution in [0.15, 0.2) is 24.3 Å². The minimum absolute atomic E-state index is 0.0574. The maximum atomic E-state index is 14.1. The minimum atomic E-state index is -2.57. The van der Waals surface area contributed by atoms with Crippen molar-refractivity contribution in [3.05, 3.63) is 29.8 Å². The molecule has 20 heteroatoms. The van der Waals surface area contributed by atoms with Gasteiger partial charge in [0.1, 0.15) is 60.7 Å². The number of aromatic hydroxyl groups is 1. The third kappa shape index (κ3) is 6.61. The molecule has 6 fully saturated rings. The number of aliphatic hydroxyl groups excluding tert-OH is 7. The minimum Gasteiger partial charge on any atom is -0.508 e. The van der Waals surface area contributed by atoms with Crippen LogP contribution in [0.3, 0.4) is 0 Å². The van der Waals surface area contributed by atoms with E-state index >= 15 is 0 Å². The van der Waals surface area contributed by atoms with Crippen LogP contribution in [0.5, 0.6) is 5.75 Å². The Labute approximate surface area is 310 Å². The molecule has 20 atom stereocenters. The van der Waals surface area contributed by atoms with Crippen molar-refractivity contribution in [2.75, 3.05) is 19.0 Å². The molecule has 0 aromatic heterocycles. The molecule has 7 rings (SSSR count). The molecule has 5 aliphatic heterocycles. The summed E-state index contributed by atoms with van der Waals surface area (Å²) in [5.74, 6) is -5.48. The Bertz CT molecular complexity index is 1580. The Morgan fingerprint density at radius 1 is 0.926 bits per heavy atom. The molecular formula is C34H46O19S.